The van der Waals surface area contributed by atoms with Crippen LogP contribution in [-0.2, 0) is 0 Å². The highest BCUT2D eigenvalue weighted by Gasteiger charge is 2.09. The van der Waals surface area contributed by atoms with Gasteiger partial charge in [0.15, 0.2) is 0 Å². The summed E-state index contributed by atoms with van der Waals surface area (Å²) in [6.07, 6.45) is 0. The van der Waals surface area contributed by atoms with E-state index in [2.05, 4.69) is 9.97 Å². The fraction of sp³-hybridized carbons (Fsp3) is 0.250. The number of nitrogens with zero attached hydrogens (tertiary/aromatic N) is 1. The number of benzene rings is 1. The first-order chi connectivity index (χ1) is 7.08. The number of hydrogen-bond acceptors (Lipinski definition) is 2. The summed E-state index contributed by atoms with van der Waals surface area (Å²) < 4.78 is 0. The highest BCUT2D eigenvalue weighted by Crippen LogP contribution is 2.28. The molecule has 3 nitrogen and oxygen atoms in total. The van der Waals surface area contributed by atoms with Gasteiger partial charge < -0.3 is 10.1 Å². The minimum atomic E-state index is 0.259. The normalized spacial score (nSPS) is 10.6. The SMILES string of the molecule is Cc1ccc(O)c(-c2nc(C)c(C)[nH]2)c1. The lowest BCUT2D eigenvalue weighted by Crippen LogP contribution is -1.83. The zero-order valence-corrected chi connectivity index (χ0v) is 9.13. The molecule has 0 spiro atoms. The molecule has 0 radical (unpaired) electrons. The average molecular weight is 202 g/mol. The van der Waals surface area contributed by atoms with Gasteiger partial charge in [-0.2, -0.15) is 0 Å². The number of rotatable bonds is 1. The van der Waals surface area contributed by atoms with Crippen molar-refractivity contribution >= 4 is 0 Å². The van der Waals surface area contributed by atoms with Gasteiger partial charge in [0.2, 0.25) is 0 Å². The van der Waals surface area contributed by atoms with Gasteiger partial charge in [0, 0.05) is 5.69 Å². The molecule has 0 unspecified atom stereocenters. The molecule has 0 fully saturated rings. The molecule has 0 saturated heterocycles. The van der Waals surface area contributed by atoms with Crippen molar-refractivity contribution < 1.29 is 5.11 Å². The topological polar surface area (TPSA) is 48.9 Å². The van der Waals surface area contributed by atoms with Crippen LogP contribution in [0.15, 0.2) is 18.2 Å². The van der Waals surface area contributed by atoms with Crippen LogP contribution in [0.5, 0.6) is 5.75 Å². The third kappa shape index (κ3) is 1.73. The Balaban J connectivity index is 2.58. The summed E-state index contributed by atoms with van der Waals surface area (Å²) in [7, 11) is 0. The molecule has 1 heterocycles. The Labute approximate surface area is 88.8 Å². The lowest BCUT2D eigenvalue weighted by Gasteiger charge is -2.02. The van der Waals surface area contributed by atoms with Crippen molar-refractivity contribution in [3.05, 3.63) is 35.2 Å². The summed E-state index contributed by atoms with van der Waals surface area (Å²) >= 11 is 0. The summed E-state index contributed by atoms with van der Waals surface area (Å²) in [6, 6.07) is 5.49. The number of nitrogens with one attached hydrogen (secondary N) is 1. The van der Waals surface area contributed by atoms with Crippen LogP contribution in [0.3, 0.4) is 0 Å². The van der Waals surface area contributed by atoms with Crippen LogP contribution >= 0.6 is 0 Å². The minimum absolute atomic E-state index is 0.259. The number of imidazole rings is 1. The second-order valence-electron chi connectivity index (χ2n) is 3.82. The van der Waals surface area contributed by atoms with Gasteiger partial charge in [-0.1, -0.05) is 11.6 Å². The zero-order valence-electron chi connectivity index (χ0n) is 9.13. The van der Waals surface area contributed by atoms with E-state index in [0.717, 1.165) is 28.3 Å². The van der Waals surface area contributed by atoms with E-state index in [1.807, 2.05) is 32.9 Å². The Morgan fingerprint density at radius 3 is 2.53 bits per heavy atom. The largest absolute Gasteiger partial charge is 0.507 e. The summed E-state index contributed by atoms with van der Waals surface area (Å²) in [6.45, 7) is 5.91. The predicted octanol–water partition coefficient (Wildman–Crippen LogP) is 2.71. The van der Waals surface area contributed by atoms with E-state index in [-0.39, 0.29) is 5.75 Å². The summed E-state index contributed by atoms with van der Waals surface area (Å²) in [5.41, 5.74) is 3.86. The molecule has 1 aromatic carbocycles. The molecule has 0 amide bonds. The molecule has 0 aliphatic rings. The molecule has 3 heteroatoms. The lowest BCUT2D eigenvalue weighted by molar-refractivity contribution is 0.477. The van der Waals surface area contributed by atoms with E-state index < -0.39 is 0 Å². The van der Waals surface area contributed by atoms with Crippen molar-refractivity contribution in [2.45, 2.75) is 20.8 Å². The molecular formula is C12H14N2O. The van der Waals surface area contributed by atoms with Crippen molar-refractivity contribution in [1.82, 2.24) is 9.97 Å². The van der Waals surface area contributed by atoms with Gasteiger partial charge in [-0.3, -0.25) is 0 Å². The number of phenolic OH excluding ortho intramolecular Hbond substituents is 1. The van der Waals surface area contributed by atoms with Crippen LogP contribution in [0.1, 0.15) is 17.0 Å². The molecule has 0 bridgehead atoms. The summed E-state index contributed by atoms with van der Waals surface area (Å²) in [4.78, 5) is 7.52. The zero-order chi connectivity index (χ0) is 11.0. The second kappa shape index (κ2) is 3.42. The second-order valence-corrected chi connectivity index (χ2v) is 3.82. The van der Waals surface area contributed by atoms with E-state index in [1.165, 1.54) is 0 Å². The highest BCUT2D eigenvalue weighted by molar-refractivity contribution is 5.65. The van der Waals surface area contributed by atoms with Crippen molar-refractivity contribution in [1.29, 1.82) is 0 Å². The van der Waals surface area contributed by atoms with Gasteiger partial charge >= 0.3 is 0 Å². The Hall–Kier alpha value is -1.77. The molecule has 0 aliphatic carbocycles. The van der Waals surface area contributed by atoms with Crippen LogP contribution in [0.2, 0.25) is 0 Å². The Kier molecular flexibility index (Phi) is 2.23. The average Bonchev–Trinajstić information content (AvgIpc) is 2.51. The molecule has 1 aromatic heterocycles. The van der Waals surface area contributed by atoms with Gasteiger partial charge in [0.25, 0.3) is 0 Å². The van der Waals surface area contributed by atoms with Gasteiger partial charge in [-0.05, 0) is 32.9 Å². The van der Waals surface area contributed by atoms with E-state index >= 15 is 0 Å². The van der Waals surface area contributed by atoms with Crippen LogP contribution in [-0.4, -0.2) is 15.1 Å². The maximum Gasteiger partial charge on any atom is 0.141 e. The summed E-state index contributed by atoms with van der Waals surface area (Å²) in [5, 5.41) is 9.73. The van der Waals surface area contributed by atoms with Crippen LogP contribution < -0.4 is 0 Å². The molecule has 0 aliphatic heterocycles. The monoisotopic (exact) mass is 202 g/mol. The lowest BCUT2D eigenvalue weighted by atomic mass is 10.1. The fourth-order valence-corrected chi connectivity index (χ4v) is 1.51. The third-order valence-electron chi connectivity index (χ3n) is 2.54. The number of phenols is 1. The van der Waals surface area contributed by atoms with Crippen molar-refractivity contribution in [2.75, 3.05) is 0 Å². The summed E-state index contributed by atoms with van der Waals surface area (Å²) in [5.74, 6) is 0.987. The Bertz CT molecular complexity index is 481. The number of aromatic hydroxyl groups is 1. The molecule has 0 saturated carbocycles. The minimum Gasteiger partial charge on any atom is -0.507 e. The van der Waals surface area contributed by atoms with E-state index in [4.69, 9.17) is 0 Å². The smallest absolute Gasteiger partial charge is 0.141 e. The van der Waals surface area contributed by atoms with Crippen LogP contribution in [0.25, 0.3) is 11.4 Å². The van der Waals surface area contributed by atoms with Crippen molar-refractivity contribution in [3.63, 3.8) is 0 Å². The first kappa shape index (κ1) is 9.77. The number of aromatic nitrogens is 2. The van der Waals surface area contributed by atoms with Crippen molar-refractivity contribution in [2.24, 2.45) is 0 Å². The van der Waals surface area contributed by atoms with Crippen LogP contribution in [0.4, 0.5) is 0 Å². The maximum absolute atomic E-state index is 9.73. The van der Waals surface area contributed by atoms with Crippen molar-refractivity contribution in [3.8, 4) is 17.1 Å². The number of H-pyrrole nitrogens is 1. The first-order valence-corrected chi connectivity index (χ1v) is 4.91. The van der Waals surface area contributed by atoms with Crippen LogP contribution in [0, 0.1) is 20.8 Å². The highest BCUT2D eigenvalue weighted by atomic mass is 16.3. The Morgan fingerprint density at radius 2 is 1.93 bits per heavy atom. The van der Waals surface area contributed by atoms with E-state index in [9.17, 15) is 5.11 Å². The molecular weight excluding hydrogens is 188 g/mol. The standard InChI is InChI=1S/C12H14N2O/c1-7-4-5-11(15)10(6-7)12-13-8(2)9(3)14-12/h4-6,15H,1-3H3,(H,13,14). The van der Waals surface area contributed by atoms with Gasteiger partial charge in [-0.25, -0.2) is 4.98 Å². The number of aryl methyl sites for hydroxylation is 3. The molecule has 2 aromatic rings. The van der Waals surface area contributed by atoms with Gasteiger partial charge in [0.05, 0.1) is 11.3 Å². The molecule has 2 N–H and O–H groups in total. The molecule has 0 atom stereocenters. The predicted molar refractivity (Wildman–Crippen MR) is 59.9 cm³/mol. The molecule has 78 valence electrons. The van der Waals surface area contributed by atoms with Gasteiger partial charge in [-0.15, -0.1) is 0 Å². The fourth-order valence-electron chi connectivity index (χ4n) is 1.51. The van der Waals surface area contributed by atoms with E-state index in [1.54, 1.807) is 6.07 Å². The maximum atomic E-state index is 9.73. The molecule has 2 rings (SSSR count). The first-order valence-electron chi connectivity index (χ1n) is 4.91. The molecule has 15 heavy (non-hydrogen) atoms. The Morgan fingerprint density at radius 1 is 1.20 bits per heavy atom. The van der Waals surface area contributed by atoms with E-state index in [0.29, 0.717) is 0 Å². The third-order valence-corrected chi connectivity index (χ3v) is 2.54. The van der Waals surface area contributed by atoms with Gasteiger partial charge in [0.1, 0.15) is 11.6 Å². The number of hydrogen-bond donors (Lipinski definition) is 2. The number of aromatic amines is 1. The quantitative estimate of drug-likeness (QED) is 0.747.